The minimum absolute atomic E-state index is 0.126. The Bertz CT molecular complexity index is 750. The number of carboxylic acid groups (broad SMARTS) is 1. The van der Waals surface area contributed by atoms with Gasteiger partial charge in [0.2, 0.25) is 11.8 Å². The van der Waals surface area contributed by atoms with Crippen LogP contribution in [-0.4, -0.2) is 61.6 Å². The van der Waals surface area contributed by atoms with Crippen LogP contribution in [0.1, 0.15) is 19.3 Å². The maximum absolute atomic E-state index is 12.8. The fraction of sp³-hybridized carbons (Fsp3) is 0.526. The first-order valence-corrected chi connectivity index (χ1v) is 8.98. The molecule has 3 rings (SSSR count). The molecule has 2 aliphatic heterocycles. The molecule has 2 aliphatic rings. The third kappa shape index (κ3) is 3.84. The predicted molar refractivity (Wildman–Crippen MR) is 96.9 cm³/mol. The number of amides is 2. The smallest absolute Gasteiger partial charge is 0.308 e. The van der Waals surface area contributed by atoms with E-state index in [0.29, 0.717) is 36.6 Å². The molecule has 146 valence electrons. The SMILES string of the molecule is COc1ccc(N2CC(C(=O)N3CCCC(C(=O)O)C3)CC2=O)cc1OC. The number of nitrogens with zero attached hydrogens (tertiary/aromatic N) is 2. The Balaban J connectivity index is 1.71. The summed E-state index contributed by atoms with van der Waals surface area (Å²) in [6, 6.07) is 5.19. The lowest BCUT2D eigenvalue weighted by atomic mass is 9.96. The zero-order valence-corrected chi connectivity index (χ0v) is 15.5. The molecule has 0 bridgehead atoms. The highest BCUT2D eigenvalue weighted by atomic mass is 16.5. The number of carbonyl (C=O) groups excluding carboxylic acids is 2. The molecule has 8 nitrogen and oxygen atoms in total. The van der Waals surface area contributed by atoms with Crippen LogP contribution in [0.5, 0.6) is 11.5 Å². The van der Waals surface area contributed by atoms with Crippen molar-refractivity contribution >= 4 is 23.5 Å². The number of hydrogen-bond donors (Lipinski definition) is 1. The molecule has 8 heteroatoms. The number of rotatable bonds is 5. The van der Waals surface area contributed by atoms with Crippen LogP contribution in [0.25, 0.3) is 0 Å². The number of piperidine rings is 1. The molecule has 1 aromatic rings. The first-order chi connectivity index (χ1) is 12.9. The standard InChI is InChI=1S/C19H24N2O6/c1-26-15-6-5-14(9-16(15)27-2)21-11-13(8-17(21)22)18(23)20-7-3-4-12(10-20)19(24)25/h5-6,9,12-13H,3-4,7-8,10-11H2,1-2H3,(H,24,25). The molecular weight excluding hydrogens is 352 g/mol. The Kier molecular flexibility index (Phi) is 5.53. The highest BCUT2D eigenvalue weighted by Gasteiger charge is 2.39. The Hall–Kier alpha value is -2.77. The molecule has 0 spiro atoms. The van der Waals surface area contributed by atoms with Gasteiger partial charge in [-0.2, -0.15) is 0 Å². The number of carbonyl (C=O) groups is 3. The van der Waals surface area contributed by atoms with Crippen molar-refractivity contribution in [2.24, 2.45) is 11.8 Å². The second kappa shape index (κ2) is 7.85. The average Bonchev–Trinajstić information content (AvgIpc) is 3.08. The maximum Gasteiger partial charge on any atom is 0.308 e. The third-order valence-corrected chi connectivity index (χ3v) is 5.24. The Morgan fingerprint density at radius 3 is 2.52 bits per heavy atom. The highest BCUT2D eigenvalue weighted by molar-refractivity contribution is 6.00. The average molecular weight is 376 g/mol. The Morgan fingerprint density at radius 1 is 1.11 bits per heavy atom. The Labute approximate surface area is 157 Å². The van der Waals surface area contributed by atoms with E-state index in [4.69, 9.17) is 9.47 Å². The number of anilines is 1. The van der Waals surface area contributed by atoms with Crippen LogP contribution in [0.3, 0.4) is 0 Å². The van der Waals surface area contributed by atoms with Crippen LogP contribution >= 0.6 is 0 Å². The zero-order chi connectivity index (χ0) is 19.6. The molecule has 2 heterocycles. The van der Waals surface area contributed by atoms with Gasteiger partial charge in [0.15, 0.2) is 11.5 Å². The van der Waals surface area contributed by atoms with Crippen LogP contribution in [-0.2, 0) is 14.4 Å². The molecule has 0 radical (unpaired) electrons. The van der Waals surface area contributed by atoms with E-state index in [9.17, 15) is 19.5 Å². The van der Waals surface area contributed by atoms with Crippen molar-refractivity contribution < 1.29 is 29.0 Å². The van der Waals surface area contributed by atoms with Gasteiger partial charge >= 0.3 is 5.97 Å². The van der Waals surface area contributed by atoms with Gasteiger partial charge in [-0.25, -0.2) is 0 Å². The fourth-order valence-electron chi connectivity index (χ4n) is 3.75. The number of likely N-dealkylation sites (tertiary alicyclic amines) is 1. The van der Waals surface area contributed by atoms with Crippen molar-refractivity contribution in [1.82, 2.24) is 4.90 Å². The second-order valence-electron chi connectivity index (χ2n) is 6.91. The summed E-state index contributed by atoms with van der Waals surface area (Å²) in [7, 11) is 3.06. The quantitative estimate of drug-likeness (QED) is 0.834. The van der Waals surface area contributed by atoms with Gasteiger partial charge in [0.05, 0.1) is 26.1 Å². The van der Waals surface area contributed by atoms with Crippen molar-refractivity contribution in [3.63, 3.8) is 0 Å². The van der Waals surface area contributed by atoms with E-state index >= 15 is 0 Å². The van der Waals surface area contributed by atoms with E-state index in [-0.39, 0.29) is 31.3 Å². The van der Waals surface area contributed by atoms with Gasteiger partial charge in [-0.05, 0) is 25.0 Å². The molecule has 2 saturated heterocycles. The van der Waals surface area contributed by atoms with E-state index in [0.717, 1.165) is 0 Å². The van der Waals surface area contributed by atoms with Crippen molar-refractivity contribution in [2.75, 3.05) is 38.8 Å². The molecule has 2 fully saturated rings. The summed E-state index contributed by atoms with van der Waals surface area (Å²) in [4.78, 5) is 39.7. The molecule has 1 N–H and O–H groups in total. The van der Waals surface area contributed by atoms with Crippen molar-refractivity contribution in [1.29, 1.82) is 0 Å². The van der Waals surface area contributed by atoms with Gasteiger partial charge in [-0.1, -0.05) is 0 Å². The molecule has 2 atom stereocenters. The molecule has 1 aromatic carbocycles. The van der Waals surface area contributed by atoms with Gasteiger partial charge in [-0.15, -0.1) is 0 Å². The first-order valence-electron chi connectivity index (χ1n) is 8.98. The van der Waals surface area contributed by atoms with E-state index in [1.807, 2.05) is 0 Å². The molecule has 0 saturated carbocycles. The van der Waals surface area contributed by atoms with Crippen molar-refractivity contribution in [3.05, 3.63) is 18.2 Å². The topological polar surface area (TPSA) is 96.4 Å². The normalized spacial score (nSPS) is 22.7. The minimum Gasteiger partial charge on any atom is -0.493 e. The molecule has 2 amide bonds. The lowest BCUT2D eigenvalue weighted by Crippen LogP contribution is -2.45. The number of ether oxygens (including phenoxy) is 2. The molecule has 0 aliphatic carbocycles. The lowest BCUT2D eigenvalue weighted by molar-refractivity contribution is -0.146. The molecule has 0 aromatic heterocycles. The van der Waals surface area contributed by atoms with Gasteiger partial charge in [0.1, 0.15) is 0 Å². The number of benzene rings is 1. The summed E-state index contributed by atoms with van der Waals surface area (Å²) < 4.78 is 10.5. The summed E-state index contributed by atoms with van der Waals surface area (Å²) in [5.74, 6) is -1.06. The number of methoxy groups -OCH3 is 2. The van der Waals surface area contributed by atoms with Crippen LogP contribution in [0, 0.1) is 11.8 Å². The number of hydrogen-bond acceptors (Lipinski definition) is 5. The van der Waals surface area contributed by atoms with Gasteiger partial charge in [0.25, 0.3) is 0 Å². The summed E-state index contributed by atoms with van der Waals surface area (Å²) in [6.45, 7) is 1.04. The minimum atomic E-state index is -0.873. The zero-order valence-electron chi connectivity index (χ0n) is 15.5. The van der Waals surface area contributed by atoms with Gasteiger partial charge < -0.3 is 24.4 Å². The summed E-state index contributed by atoms with van der Waals surface area (Å²) in [5.41, 5.74) is 0.648. The molecule has 2 unspecified atom stereocenters. The summed E-state index contributed by atoms with van der Waals surface area (Å²) in [6.07, 6.45) is 1.38. The van der Waals surface area contributed by atoms with Crippen LogP contribution in [0.2, 0.25) is 0 Å². The van der Waals surface area contributed by atoms with Crippen molar-refractivity contribution in [2.45, 2.75) is 19.3 Å². The maximum atomic E-state index is 12.8. The lowest BCUT2D eigenvalue weighted by Gasteiger charge is -2.32. The first kappa shape index (κ1) is 19.0. The molecular formula is C19H24N2O6. The van der Waals surface area contributed by atoms with E-state index in [1.54, 1.807) is 28.0 Å². The van der Waals surface area contributed by atoms with E-state index in [2.05, 4.69) is 0 Å². The third-order valence-electron chi connectivity index (χ3n) is 5.24. The second-order valence-corrected chi connectivity index (χ2v) is 6.91. The monoisotopic (exact) mass is 376 g/mol. The molecule has 27 heavy (non-hydrogen) atoms. The predicted octanol–water partition coefficient (Wildman–Crippen LogP) is 1.38. The summed E-state index contributed by atoms with van der Waals surface area (Å²) in [5, 5.41) is 9.21. The largest absolute Gasteiger partial charge is 0.493 e. The van der Waals surface area contributed by atoms with Gasteiger partial charge in [-0.3, -0.25) is 14.4 Å². The van der Waals surface area contributed by atoms with E-state index in [1.165, 1.54) is 14.2 Å². The van der Waals surface area contributed by atoms with Crippen LogP contribution < -0.4 is 14.4 Å². The van der Waals surface area contributed by atoms with Crippen LogP contribution in [0.4, 0.5) is 5.69 Å². The van der Waals surface area contributed by atoms with E-state index < -0.39 is 17.8 Å². The number of carboxylic acids is 1. The Morgan fingerprint density at radius 2 is 1.85 bits per heavy atom. The number of aliphatic carboxylic acids is 1. The fourth-order valence-corrected chi connectivity index (χ4v) is 3.75. The van der Waals surface area contributed by atoms with Gasteiger partial charge in [0, 0.05) is 37.8 Å². The highest BCUT2D eigenvalue weighted by Crippen LogP contribution is 2.34. The summed E-state index contributed by atoms with van der Waals surface area (Å²) >= 11 is 0. The van der Waals surface area contributed by atoms with Crippen molar-refractivity contribution in [3.8, 4) is 11.5 Å². The van der Waals surface area contributed by atoms with Crippen LogP contribution in [0.15, 0.2) is 18.2 Å².